The fourth-order valence-electron chi connectivity index (χ4n) is 1.03. The van der Waals surface area contributed by atoms with Gasteiger partial charge in [-0.2, -0.15) is 0 Å². The maximum absolute atomic E-state index is 4.97. The zero-order valence-electron chi connectivity index (χ0n) is 6.49. The molecule has 0 aliphatic carbocycles. The molecule has 2 heteroatoms. The Bertz CT molecular complexity index is 192. The quantitative estimate of drug-likeness (QED) is 0.639. The average Bonchev–Trinajstić information content (AvgIpc) is 2.09. The van der Waals surface area contributed by atoms with Gasteiger partial charge in [-0.15, -0.1) is 0 Å². The van der Waals surface area contributed by atoms with Crippen molar-refractivity contribution >= 4 is 22.5 Å². The Morgan fingerprint density at radius 1 is 1.36 bits per heavy atom. The van der Waals surface area contributed by atoms with E-state index in [2.05, 4.69) is 31.2 Å². The molecule has 0 aliphatic rings. The molecular formula is C9H11S2. The van der Waals surface area contributed by atoms with Crippen LogP contribution in [0.3, 0.4) is 0 Å². The molecule has 0 N–H and O–H groups in total. The molecule has 1 aromatic carbocycles. The highest BCUT2D eigenvalue weighted by Gasteiger charge is 2.06. The molecule has 0 bridgehead atoms. The molecule has 59 valence electrons. The summed E-state index contributed by atoms with van der Waals surface area (Å²) in [6, 6.07) is 10.4. The van der Waals surface area contributed by atoms with Gasteiger partial charge in [0.1, 0.15) is 0 Å². The molecule has 0 fully saturated rings. The minimum Gasteiger partial charge on any atom is -0.0735 e. The minimum atomic E-state index is 0.492. The van der Waals surface area contributed by atoms with Gasteiger partial charge in [-0.1, -0.05) is 48.0 Å². The normalized spacial score (nSPS) is 12.9. The van der Waals surface area contributed by atoms with Gasteiger partial charge in [-0.25, -0.2) is 0 Å². The van der Waals surface area contributed by atoms with Gasteiger partial charge in [-0.3, -0.25) is 0 Å². The predicted molar refractivity (Wildman–Crippen MR) is 54.7 cm³/mol. The Labute approximate surface area is 77.2 Å². The summed E-state index contributed by atoms with van der Waals surface area (Å²) < 4.78 is 0. The van der Waals surface area contributed by atoms with Crippen LogP contribution < -0.4 is 0 Å². The third kappa shape index (κ3) is 2.46. The lowest BCUT2D eigenvalue weighted by molar-refractivity contribution is 0.901. The maximum atomic E-state index is 4.97. The number of hydrogen-bond donors (Lipinski definition) is 0. The van der Waals surface area contributed by atoms with E-state index < -0.39 is 0 Å². The third-order valence-corrected chi connectivity index (χ3v) is 3.19. The van der Waals surface area contributed by atoms with Gasteiger partial charge >= 0.3 is 0 Å². The van der Waals surface area contributed by atoms with Crippen molar-refractivity contribution in [1.82, 2.24) is 0 Å². The highest BCUT2D eigenvalue weighted by molar-refractivity contribution is 8.68. The monoisotopic (exact) mass is 183 g/mol. The van der Waals surface area contributed by atoms with Crippen LogP contribution in [0.1, 0.15) is 24.2 Å². The Kier molecular flexibility index (Phi) is 3.87. The van der Waals surface area contributed by atoms with Gasteiger partial charge in [-0.05, 0) is 23.6 Å². The summed E-state index contributed by atoms with van der Waals surface area (Å²) in [4.78, 5) is 0. The van der Waals surface area contributed by atoms with Crippen LogP contribution in [0.2, 0.25) is 0 Å². The summed E-state index contributed by atoms with van der Waals surface area (Å²) in [7, 11) is 1.51. The first kappa shape index (κ1) is 9.01. The first-order valence-electron chi connectivity index (χ1n) is 3.72. The number of hydrogen-bond acceptors (Lipinski definition) is 1. The first-order valence-corrected chi connectivity index (χ1v) is 5.52. The Hall–Kier alpha value is -0.0800. The molecule has 11 heavy (non-hydrogen) atoms. The molecule has 0 heterocycles. The van der Waals surface area contributed by atoms with Gasteiger partial charge in [0.25, 0.3) is 0 Å². The molecule has 1 aromatic rings. The van der Waals surface area contributed by atoms with Gasteiger partial charge in [0.2, 0.25) is 0 Å². The molecular weight excluding hydrogens is 172 g/mol. The number of benzene rings is 1. The van der Waals surface area contributed by atoms with Crippen molar-refractivity contribution in [3.05, 3.63) is 35.9 Å². The van der Waals surface area contributed by atoms with Crippen LogP contribution in [-0.2, 0) is 0 Å². The van der Waals surface area contributed by atoms with Crippen LogP contribution in [0, 0.1) is 0 Å². The summed E-state index contributed by atoms with van der Waals surface area (Å²) in [6.07, 6.45) is 1.11. The molecule has 1 radical (unpaired) electrons. The van der Waals surface area contributed by atoms with E-state index in [1.165, 1.54) is 16.4 Å². The van der Waals surface area contributed by atoms with Crippen LogP contribution in [-0.4, -0.2) is 0 Å². The lowest BCUT2D eigenvalue weighted by Gasteiger charge is -2.09. The Balaban J connectivity index is 2.74. The molecule has 0 amide bonds. The van der Waals surface area contributed by atoms with Crippen LogP contribution in [0.5, 0.6) is 0 Å². The largest absolute Gasteiger partial charge is 0.0735 e. The molecule has 0 aromatic heterocycles. The molecule has 0 aliphatic heterocycles. The molecule has 0 nitrogen and oxygen atoms in total. The molecule has 0 saturated carbocycles. The molecule has 0 saturated heterocycles. The van der Waals surface area contributed by atoms with Crippen molar-refractivity contribution < 1.29 is 0 Å². The van der Waals surface area contributed by atoms with Crippen LogP contribution in [0.15, 0.2) is 30.3 Å². The van der Waals surface area contributed by atoms with Crippen LogP contribution >= 0.6 is 22.5 Å². The second kappa shape index (κ2) is 4.73. The van der Waals surface area contributed by atoms with Crippen molar-refractivity contribution in [2.24, 2.45) is 0 Å². The van der Waals surface area contributed by atoms with E-state index in [0.717, 1.165) is 6.42 Å². The molecule has 1 unspecified atom stereocenters. The second-order valence-electron chi connectivity index (χ2n) is 2.40. The summed E-state index contributed by atoms with van der Waals surface area (Å²) in [5.74, 6) is 0. The molecule has 1 rings (SSSR count). The average molecular weight is 183 g/mol. The van der Waals surface area contributed by atoms with Crippen molar-refractivity contribution in [2.75, 3.05) is 0 Å². The van der Waals surface area contributed by atoms with E-state index in [-0.39, 0.29) is 0 Å². The standard InChI is InChI=1S/C9H11S2/c1-2-9(11-10)8-6-4-3-5-7-8/h3-7,9H,2H2,1H3. The summed E-state index contributed by atoms with van der Waals surface area (Å²) in [5, 5.41) is 0.492. The fraction of sp³-hybridized carbons (Fsp3) is 0.333. The lowest BCUT2D eigenvalue weighted by Crippen LogP contribution is -1.87. The van der Waals surface area contributed by atoms with E-state index in [1.807, 2.05) is 6.07 Å². The van der Waals surface area contributed by atoms with E-state index in [1.54, 1.807) is 0 Å². The van der Waals surface area contributed by atoms with E-state index in [9.17, 15) is 0 Å². The number of rotatable bonds is 3. The second-order valence-corrected chi connectivity index (χ2v) is 3.74. The summed E-state index contributed by atoms with van der Waals surface area (Å²) in [6.45, 7) is 2.16. The highest BCUT2D eigenvalue weighted by atomic mass is 33.1. The van der Waals surface area contributed by atoms with Crippen molar-refractivity contribution in [3.63, 3.8) is 0 Å². The Morgan fingerprint density at radius 3 is 2.45 bits per heavy atom. The SMILES string of the molecule is CCC(S[S])c1ccccc1. The molecule has 1 atom stereocenters. The summed E-state index contributed by atoms with van der Waals surface area (Å²) in [5.41, 5.74) is 1.34. The van der Waals surface area contributed by atoms with E-state index in [0.29, 0.717) is 5.25 Å². The summed E-state index contributed by atoms with van der Waals surface area (Å²) >= 11 is 4.97. The van der Waals surface area contributed by atoms with Crippen molar-refractivity contribution in [1.29, 1.82) is 0 Å². The topological polar surface area (TPSA) is 0 Å². The van der Waals surface area contributed by atoms with Gasteiger partial charge in [0.15, 0.2) is 0 Å². The molecule has 0 spiro atoms. The lowest BCUT2D eigenvalue weighted by atomic mass is 10.1. The highest BCUT2D eigenvalue weighted by Crippen LogP contribution is 2.33. The van der Waals surface area contributed by atoms with E-state index >= 15 is 0 Å². The van der Waals surface area contributed by atoms with E-state index in [4.69, 9.17) is 11.7 Å². The van der Waals surface area contributed by atoms with Gasteiger partial charge in [0, 0.05) is 5.25 Å². The van der Waals surface area contributed by atoms with Crippen LogP contribution in [0.25, 0.3) is 0 Å². The van der Waals surface area contributed by atoms with Crippen molar-refractivity contribution in [3.8, 4) is 0 Å². The smallest absolute Gasteiger partial charge is 0.0406 e. The minimum absolute atomic E-state index is 0.492. The zero-order chi connectivity index (χ0) is 8.10. The Morgan fingerprint density at radius 2 is 2.00 bits per heavy atom. The first-order chi connectivity index (χ1) is 5.38. The fourth-order valence-corrected chi connectivity index (χ4v) is 2.17. The van der Waals surface area contributed by atoms with Gasteiger partial charge in [0.05, 0.1) is 0 Å². The van der Waals surface area contributed by atoms with Crippen molar-refractivity contribution in [2.45, 2.75) is 18.6 Å². The van der Waals surface area contributed by atoms with Gasteiger partial charge < -0.3 is 0 Å². The maximum Gasteiger partial charge on any atom is 0.0406 e. The third-order valence-electron chi connectivity index (χ3n) is 1.66. The zero-order valence-corrected chi connectivity index (χ0v) is 8.12. The van der Waals surface area contributed by atoms with Crippen LogP contribution in [0.4, 0.5) is 0 Å². The predicted octanol–water partition coefficient (Wildman–Crippen LogP) is 3.98.